The molecule has 0 aromatic rings. The molecule has 0 amide bonds. The van der Waals surface area contributed by atoms with Crippen molar-refractivity contribution in [2.24, 2.45) is 0 Å². The molecule has 0 aliphatic carbocycles. The number of aliphatic carboxylic acids is 1. The molecule has 0 radical (unpaired) electrons. The third-order valence-electron chi connectivity index (χ3n) is 2.13. The Kier molecular flexibility index (Phi) is 11.5. The number of nitrogens with zero attached hydrogens (tertiary/aromatic N) is 1. The van der Waals surface area contributed by atoms with Crippen LogP contribution in [0.1, 0.15) is 27.2 Å². The molecular weight excluding hydrogens is 274 g/mol. The maximum absolute atomic E-state index is 10.7. The van der Waals surface area contributed by atoms with Crippen LogP contribution in [0.15, 0.2) is 11.8 Å². The Morgan fingerprint density at radius 3 is 1.74 bits per heavy atom. The number of rotatable bonds is 7. The summed E-state index contributed by atoms with van der Waals surface area (Å²) >= 11 is 0. The molecule has 0 aromatic heterocycles. The Morgan fingerprint density at radius 1 is 1.16 bits per heavy atom. The van der Waals surface area contributed by atoms with E-state index in [4.69, 9.17) is 5.11 Å². The van der Waals surface area contributed by atoms with Gasteiger partial charge in [0.25, 0.3) is 0 Å². The number of likely N-dealkylation sites (N-methyl/N-ethyl adjacent to an activating group) is 1. The highest BCUT2D eigenvalue weighted by Crippen LogP contribution is 2.04. The normalized spacial score (nSPS) is 11.5. The summed E-state index contributed by atoms with van der Waals surface area (Å²) < 4.78 is 27.5. The minimum absolute atomic E-state index is 0.419. The summed E-state index contributed by atoms with van der Waals surface area (Å²) in [5.74, 6) is -0.833. The lowest BCUT2D eigenvalue weighted by Gasteiger charge is -2.20. The SMILES string of the molecule is CC/C=C(\C(=O)O)N(CC)CC.COS(=O)(=O)OC. The van der Waals surface area contributed by atoms with E-state index in [-0.39, 0.29) is 0 Å². The number of carboxylic acids is 1. The molecule has 0 bridgehead atoms. The van der Waals surface area contributed by atoms with Crippen molar-refractivity contribution in [3.8, 4) is 0 Å². The fraction of sp³-hybridized carbons (Fsp3) is 0.727. The Hall–Kier alpha value is -1.12. The predicted molar refractivity (Wildman–Crippen MR) is 71.9 cm³/mol. The average molecular weight is 297 g/mol. The second kappa shape index (κ2) is 10.8. The predicted octanol–water partition coefficient (Wildman–Crippen LogP) is 1.23. The summed E-state index contributed by atoms with van der Waals surface area (Å²) in [5.41, 5.74) is 0.419. The number of hydrogen-bond donors (Lipinski definition) is 1. The summed E-state index contributed by atoms with van der Waals surface area (Å²) in [5, 5.41) is 8.83. The monoisotopic (exact) mass is 297 g/mol. The van der Waals surface area contributed by atoms with Gasteiger partial charge in [0.1, 0.15) is 5.70 Å². The Morgan fingerprint density at radius 2 is 1.58 bits per heavy atom. The van der Waals surface area contributed by atoms with Gasteiger partial charge in [-0.25, -0.2) is 4.79 Å². The molecule has 0 saturated heterocycles. The molecule has 0 fully saturated rings. The van der Waals surface area contributed by atoms with Gasteiger partial charge in [-0.05, 0) is 20.3 Å². The summed E-state index contributed by atoms with van der Waals surface area (Å²) in [4.78, 5) is 12.6. The highest BCUT2D eigenvalue weighted by molar-refractivity contribution is 7.81. The minimum atomic E-state index is -3.66. The summed E-state index contributed by atoms with van der Waals surface area (Å²) in [6.07, 6.45) is 2.51. The van der Waals surface area contributed by atoms with Gasteiger partial charge in [-0.3, -0.25) is 8.37 Å². The van der Waals surface area contributed by atoms with Gasteiger partial charge in [0.2, 0.25) is 0 Å². The summed E-state index contributed by atoms with van der Waals surface area (Å²) in [7, 11) is -1.60. The molecule has 1 N–H and O–H groups in total. The molecule has 0 unspecified atom stereocenters. The van der Waals surface area contributed by atoms with E-state index in [1.165, 1.54) is 0 Å². The lowest BCUT2D eigenvalue weighted by molar-refractivity contribution is -0.134. The van der Waals surface area contributed by atoms with Gasteiger partial charge in [-0.1, -0.05) is 13.0 Å². The topological polar surface area (TPSA) is 93.1 Å². The molecule has 8 heteroatoms. The van der Waals surface area contributed by atoms with Crippen molar-refractivity contribution in [2.45, 2.75) is 27.2 Å². The highest BCUT2D eigenvalue weighted by atomic mass is 32.3. The lowest BCUT2D eigenvalue weighted by atomic mass is 10.3. The Labute approximate surface area is 115 Å². The largest absolute Gasteiger partial charge is 0.477 e. The minimum Gasteiger partial charge on any atom is -0.477 e. The van der Waals surface area contributed by atoms with Crippen molar-refractivity contribution < 1.29 is 26.7 Å². The standard InChI is InChI=1S/C9H17NO2.C2H6O4S/c1-4-7-8(9(11)12)10(5-2)6-3;1-5-7(3,4)6-2/h7H,4-6H2,1-3H3,(H,11,12);1-2H3/b8-7+;. The van der Waals surface area contributed by atoms with Gasteiger partial charge in [-0.15, -0.1) is 0 Å². The van der Waals surface area contributed by atoms with E-state index < -0.39 is 16.4 Å². The molecule has 0 aromatic carbocycles. The van der Waals surface area contributed by atoms with E-state index >= 15 is 0 Å². The lowest BCUT2D eigenvalue weighted by Crippen LogP contribution is -2.27. The molecule has 0 rings (SSSR count). The number of allylic oxidation sites excluding steroid dienone is 1. The molecule has 0 aliphatic rings. The van der Waals surface area contributed by atoms with Crippen LogP contribution in [0.25, 0.3) is 0 Å². The number of carbonyl (C=O) groups is 1. The first kappa shape index (κ1) is 20.2. The zero-order valence-corrected chi connectivity index (χ0v) is 12.9. The van der Waals surface area contributed by atoms with Crippen LogP contribution >= 0.6 is 0 Å². The van der Waals surface area contributed by atoms with E-state index in [0.717, 1.165) is 33.7 Å². The van der Waals surface area contributed by atoms with Gasteiger partial charge in [0.15, 0.2) is 0 Å². The average Bonchev–Trinajstić information content (AvgIpc) is 2.39. The van der Waals surface area contributed by atoms with E-state index in [0.29, 0.717) is 5.70 Å². The van der Waals surface area contributed by atoms with Crippen molar-refractivity contribution in [1.82, 2.24) is 4.90 Å². The van der Waals surface area contributed by atoms with Crippen molar-refractivity contribution in [1.29, 1.82) is 0 Å². The Balaban J connectivity index is 0. The number of hydrogen-bond acceptors (Lipinski definition) is 6. The quantitative estimate of drug-likeness (QED) is 0.706. The van der Waals surface area contributed by atoms with Gasteiger partial charge >= 0.3 is 16.4 Å². The van der Waals surface area contributed by atoms with Crippen LogP contribution in [0.4, 0.5) is 0 Å². The first-order valence-electron chi connectivity index (χ1n) is 5.84. The zero-order valence-electron chi connectivity index (χ0n) is 12.0. The van der Waals surface area contributed by atoms with Gasteiger partial charge in [0.05, 0.1) is 14.2 Å². The molecule has 0 aliphatic heterocycles. The van der Waals surface area contributed by atoms with Crippen LogP contribution in [0, 0.1) is 0 Å². The van der Waals surface area contributed by atoms with Gasteiger partial charge in [0, 0.05) is 13.1 Å². The van der Waals surface area contributed by atoms with E-state index in [2.05, 4.69) is 8.37 Å². The zero-order chi connectivity index (χ0) is 15.5. The summed E-state index contributed by atoms with van der Waals surface area (Å²) in [6, 6.07) is 0. The van der Waals surface area contributed by atoms with Crippen LogP contribution in [0.2, 0.25) is 0 Å². The first-order valence-corrected chi connectivity index (χ1v) is 7.17. The highest BCUT2D eigenvalue weighted by Gasteiger charge is 2.11. The van der Waals surface area contributed by atoms with Crippen molar-refractivity contribution in [2.75, 3.05) is 27.3 Å². The molecule has 7 nitrogen and oxygen atoms in total. The molecule has 0 heterocycles. The summed E-state index contributed by atoms with van der Waals surface area (Å²) in [6.45, 7) is 7.33. The second-order valence-electron chi connectivity index (χ2n) is 3.22. The van der Waals surface area contributed by atoms with Crippen LogP contribution in [-0.4, -0.2) is 51.7 Å². The van der Waals surface area contributed by atoms with Crippen molar-refractivity contribution in [3.63, 3.8) is 0 Å². The fourth-order valence-electron chi connectivity index (χ4n) is 1.18. The Bertz CT molecular complexity index is 363. The molecular formula is C11H23NO6S. The van der Waals surface area contributed by atoms with Crippen LogP contribution in [0.3, 0.4) is 0 Å². The van der Waals surface area contributed by atoms with Crippen molar-refractivity contribution >= 4 is 16.4 Å². The molecule has 114 valence electrons. The second-order valence-corrected chi connectivity index (χ2v) is 4.70. The van der Waals surface area contributed by atoms with E-state index in [1.54, 1.807) is 6.08 Å². The maximum Gasteiger partial charge on any atom is 0.399 e. The maximum atomic E-state index is 10.7. The van der Waals surface area contributed by atoms with Gasteiger partial charge in [-0.2, -0.15) is 8.42 Å². The van der Waals surface area contributed by atoms with Crippen LogP contribution < -0.4 is 0 Å². The number of carboxylic acid groups (broad SMARTS) is 1. The molecule has 0 saturated carbocycles. The third kappa shape index (κ3) is 9.46. The van der Waals surface area contributed by atoms with E-state index in [1.807, 2.05) is 25.7 Å². The first-order chi connectivity index (χ1) is 8.79. The van der Waals surface area contributed by atoms with E-state index in [9.17, 15) is 13.2 Å². The smallest absolute Gasteiger partial charge is 0.399 e. The van der Waals surface area contributed by atoms with Crippen LogP contribution in [-0.2, 0) is 23.6 Å². The fourth-order valence-corrected chi connectivity index (χ4v) is 1.31. The van der Waals surface area contributed by atoms with Gasteiger partial charge < -0.3 is 10.0 Å². The third-order valence-corrected chi connectivity index (χ3v) is 2.95. The van der Waals surface area contributed by atoms with Crippen molar-refractivity contribution in [3.05, 3.63) is 11.8 Å². The molecule has 19 heavy (non-hydrogen) atoms. The molecule has 0 atom stereocenters. The molecule has 0 spiro atoms. The van der Waals surface area contributed by atoms with Crippen LogP contribution in [0.5, 0.6) is 0 Å².